The van der Waals surface area contributed by atoms with Crippen LogP contribution in [0.25, 0.3) is 11.5 Å². The summed E-state index contributed by atoms with van der Waals surface area (Å²) in [6, 6.07) is 11.6. The molecule has 0 N–H and O–H groups in total. The van der Waals surface area contributed by atoms with Gasteiger partial charge in [0.25, 0.3) is 5.22 Å². The monoisotopic (exact) mass is 299 g/mol. The zero-order valence-electron chi connectivity index (χ0n) is 11.4. The number of nitrogens with zero attached hydrogens (tertiary/aromatic N) is 3. The van der Waals surface area contributed by atoms with Crippen LogP contribution in [0.5, 0.6) is 5.75 Å². The van der Waals surface area contributed by atoms with Crippen LogP contribution in [0.3, 0.4) is 0 Å². The van der Waals surface area contributed by atoms with Gasteiger partial charge in [-0.05, 0) is 29.8 Å². The average Bonchev–Trinajstić information content (AvgIpc) is 3.03. The Morgan fingerprint density at radius 3 is 2.52 bits per heavy atom. The van der Waals surface area contributed by atoms with Crippen molar-refractivity contribution in [2.75, 3.05) is 7.11 Å². The molecule has 0 fully saturated rings. The summed E-state index contributed by atoms with van der Waals surface area (Å²) < 4.78 is 10.8. The molecule has 1 aromatic carbocycles. The standard InChI is InChI=1S/C15H13N3O2S/c1-19-13-4-2-11(3-5-13)10-21-15-18-17-14(20-15)12-6-8-16-9-7-12/h2-9H,10H2,1H3. The third kappa shape index (κ3) is 3.41. The van der Waals surface area contributed by atoms with Gasteiger partial charge in [0, 0.05) is 23.7 Å². The second-order valence-corrected chi connectivity index (χ2v) is 5.17. The first-order valence-corrected chi connectivity index (χ1v) is 7.33. The highest BCUT2D eigenvalue weighted by atomic mass is 32.2. The first-order valence-electron chi connectivity index (χ1n) is 6.35. The molecule has 0 radical (unpaired) electrons. The molecular weight excluding hydrogens is 286 g/mol. The molecule has 21 heavy (non-hydrogen) atoms. The Labute approximate surface area is 126 Å². The highest BCUT2D eigenvalue weighted by Crippen LogP contribution is 2.25. The predicted octanol–water partition coefficient (Wildman–Crippen LogP) is 3.43. The summed E-state index contributed by atoms with van der Waals surface area (Å²) in [5, 5.41) is 8.64. The smallest absolute Gasteiger partial charge is 0.277 e. The van der Waals surface area contributed by atoms with Crippen molar-refractivity contribution >= 4 is 11.8 Å². The Kier molecular flexibility index (Phi) is 4.16. The van der Waals surface area contributed by atoms with Crippen LogP contribution in [0.15, 0.2) is 58.4 Å². The molecule has 3 rings (SSSR count). The van der Waals surface area contributed by atoms with Gasteiger partial charge in [0.05, 0.1) is 7.11 Å². The van der Waals surface area contributed by atoms with Crippen molar-refractivity contribution in [2.45, 2.75) is 11.0 Å². The van der Waals surface area contributed by atoms with Crippen molar-refractivity contribution in [2.24, 2.45) is 0 Å². The fourth-order valence-electron chi connectivity index (χ4n) is 1.75. The van der Waals surface area contributed by atoms with Crippen molar-refractivity contribution in [1.29, 1.82) is 0 Å². The van der Waals surface area contributed by atoms with E-state index in [0.717, 1.165) is 17.1 Å². The summed E-state index contributed by atoms with van der Waals surface area (Å²) in [7, 11) is 1.66. The van der Waals surface area contributed by atoms with E-state index in [4.69, 9.17) is 9.15 Å². The Hall–Kier alpha value is -2.34. The van der Waals surface area contributed by atoms with Gasteiger partial charge in [-0.3, -0.25) is 4.98 Å². The average molecular weight is 299 g/mol. The molecule has 0 amide bonds. The number of hydrogen-bond acceptors (Lipinski definition) is 6. The van der Waals surface area contributed by atoms with Gasteiger partial charge >= 0.3 is 0 Å². The summed E-state index contributed by atoms with van der Waals surface area (Å²) in [4.78, 5) is 3.96. The fourth-order valence-corrected chi connectivity index (χ4v) is 2.47. The maximum atomic E-state index is 5.62. The second kappa shape index (κ2) is 6.41. The summed E-state index contributed by atoms with van der Waals surface area (Å²) in [6.07, 6.45) is 3.40. The van der Waals surface area contributed by atoms with Gasteiger partial charge in [-0.1, -0.05) is 23.9 Å². The minimum atomic E-state index is 0.509. The van der Waals surface area contributed by atoms with E-state index in [-0.39, 0.29) is 0 Å². The lowest BCUT2D eigenvalue weighted by molar-refractivity contribution is 0.414. The maximum absolute atomic E-state index is 5.62. The normalized spacial score (nSPS) is 10.5. The molecular formula is C15H13N3O2S. The Balaban J connectivity index is 1.64. The lowest BCUT2D eigenvalue weighted by Crippen LogP contribution is -1.84. The summed E-state index contributed by atoms with van der Waals surface area (Å²) in [6.45, 7) is 0. The van der Waals surface area contributed by atoms with E-state index in [0.29, 0.717) is 11.1 Å². The number of methoxy groups -OCH3 is 1. The second-order valence-electron chi connectivity index (χ2n) is 4.25. The van der Waals surface area contributed by atoms with Crippen LogP contribution in [-0.4, -0.2) is 22.3 Å². The zero-order chi connectivity index (χ0) is 14.5. The molecule has 0 unspecified atom stereocenters. The molecule has 3 aromatic rings. The van der Waals surface area contributed by atoms with Crippen molar-refractivity contribution in [3.05, 3.63) is 54.4 Å². The summed E-state index contributed by atoms with van der Waals surface area (Å²) in [5.41, 5.74) is 2.04. The molecule has 0 spiro atoms. The van der Waals surface area contributed by atoms with Crippen LogP contribution >= 0.6 is 11.8 Å². The quantitative estimate of drug-likeness (QED) is 0.673. The highest BCUT2D eigenvalue weighted by molar-refractivity contribution is 7.98. The first kappa shape index (κ1) is 13.6. The van der Waals surface area contributed by atoms with E-state index >= 15 is 0 Å². The number of aromatic nitrogens is 3. The minimum Gasteiger partial charge on any atom is -0.497 e. The summed E-state index contributed by atoms with van der Waals surface area (Å²) in [5.74, 6) is 2.12. The van der Waals surface area contributed by atoms with E-state index < -0.39 is 0 Å². The van der Waals surface area contributed by atoms with Crippen LogP contribution in [0.1, 0.15) is 5.56 Å². The molecule has 2 aromatic heterocycles. The molecule has 6 heteroatoms. The van der Waals surface area contributed by atoms with Gasteiger partial charge in [-0.2, -0.15) is 0 Å². The topological polar surface area (TPSA) is 61.0 Å². The van der Waals surface area contributed by atoms with Gasteiger partial charge in [-0.25, -0.2) is 0 Å². The zero-order valence-corrected chi connectivity index (χ0v) is 12.2. The number of benzene rings is 1. The Morgan fingerprint density at radius 1 is 1.05 bits per heavy atom. The maximum Gasteiger partial charge on any atom is 0.277 e. The van der Waals surface area contributed by atoms with E-state index in [9.17, 15) is 0 Å². The lowest BCUT2D eigenvalue weighted by Gasteiger charge is -2.01. The van der Waals surface area contributed by atoms with Crippen molar-refractivity contribution in [1.82, 2.24) is 15.2 Å². The van der Waals surface area contributed by atoms with Gasteiger partial charge < -0.3 is 9.15 Å². The van der Waals surface area contributed by atoms with Gasteiger partial charge in [-0.15, -0.1) is 10.2 Å². The van der Waals surface area contributed by atoms with E-state index in [1.807, 2.05) is 36.4 Å². The Bertz CT molecular complexity index is 698. The molecule has 5 nitrogen and oxygen atoms in total. The third-order valence-electron chi connectivity index (χ3n) is 2.86. The van der Waals surface area contributed by atoms with Crippen LogP contribution in [0.4, 0.5) is 0 Å². The van der Waals surface area contributed by atoms with Gasteiger partial charge in [0.15, 0.2) is 0 Å². The molecule has 106 valence electrons. The third-order valence-corrected chi connectivity index (χ3v) is 3.74. The molecule has 0 saturated heterocycles. The molecule has 0 atom stereocenters. The van der Waals surface area contributed by atoms with Crippen molar-refractivity contribution in [3.8, 4) is 17.2 Å². The van der Waals surface area contributed by atoms with Crippen LogP contribution < -0.4 is 4.74 Å². The molecule has 0 bridgehead atoms. The Morgan fingerprint density at radius 2 is 1.81 bits per heavy atom. The highest BCUT2D eigenvalue weighted by Gasteiger charge is 2.08. The van der Waals surface area contributed by atoms with Gasteiger partial charge in [0.1, 0.15) is 5.75 Å². The molecule has 0 aliphatic carbocycles. The predicted molar refractivity (Wildman–Crippen MR) is 80.1 cm³/mol. The summed E-state index contributed by atoms with van der Waals surface area (Å²) >= 11 is 1.51. The molecule has 0 aliphatic heterocycles. The molecule has 0 saturated carbocycles. The van der Waals surface area contributed by atoms with E-state index in [1.54, 1.807) is 19.5 Å². The largest absolute Gasteiger partial charge is 0.497 e. The minimum absolute atomic E-state index is 0.509. The number of hydrogen-bond donors (Lipinski definition) is 0. The van der Waals surface area contributed by atoms with E-state index in [1.165, 1.54) is 17.3 Å². The number of rotatable bonds is 5. The lowest BCUT2D eigenvalue weighted by atomic mass is 10.2. The number of thioether (sulfide) groups is 1. The van der Waals surface area contributed by atoms with Crippen LogP contribution in [0.2, 0.25) is 0 Å². The van der Waals surface area contributed by atoms with Crippen molar-refractivity contribution < 1.29 is 9.15 Å². The molecule has 0 aliphatic rings. The van der Waals surface area contributed by atoms with Crippen LogP contribution in [-0.2, 0) is 5.75 Å². The van der Waals surface area contributed by atoms with Gasteiger partial charge in [0.2, 0.25) is 5.89 Å². The van der Waals surface area contributed by atoms with Crippen molar-refractivity contribution in [3.63, 3.8) is 0 Å². The molecule has 2 heterocycles. The van der Waals surface area contributed by atoms with Crippen LogP contribution in [0, 0.1) is 0 Å². The SMILES string of the molecule is COc1ccc(CSc2nnc(-c3ccncc3)o2)cc1. The fraction of sp³-hybridized carbons (Fsp3) is 0.133. The number of pyridine rings is 1. The van der Waals surface area contributed by atoms with E-state index in [2.05, 4.69) is 15.2 Å². The first-order chi connectivity index (χ1) is 10.3. The number of ether oxygens (including phenoxy) is 1.